The number of rotatable bonds is 5. The molecule has 2 aromatic carbocycles. The van der Waals surface area contributed by atoms with E-state index in [1.807, 2.05) is 48.5 Å². The molecule has 0 aliphatic carbocycles. The lowest BCUT2D eigenvalue weighted by atomic mass is 9.83. The molecule has 2 aromatic rings. The first kappa shape index (κ1) is 14.3. The first-order valence-electron chi connectivity index (χ1n) is 6.89. The summed E-state index contributed by atoms with van der Waals surface area (Å²) in [5.41, 5.74) is 2.26. The van der Waals surface area contributed by atoms with Crippen LogP contribution in [-0.4, -0.2) is 13.1 Å². The predicted molar refractivity (Wildman–Crippen MR) is 80.5 cm³/mol. The molecule has 104 valence electrons. The Labute approximate surface area is 120 Å². The normalized spacial score (nSPS) is 13.5. The summed E-state index contributed by atoms with van der Waals surface area (Å²) >= 11 is 0. The molecule has 0 radical (unpaired) electrons. The summed E-state index contributed by atoms with van der Waals surface area (Å²) in [6.07, 6.45) is 0.857. The number of hydrogen-bond donors (Lipinski definition) is 0. The molecule has 0 aliphatic rings. The topological polar surface area (TPSA) is 26.3 Å². The van der Waals surface area contributed by atoms with Crippen molar-refractivity contribution >= 4 is 5.97 Å². The van der Waals surface area contributed by atoms with Gasteiger partial charge >= 0.3 is 5.97 Å². The fourth-order valence-corrected chi connectivity index (χ4v) is 2.59. The highest BCUT2D eigenvalue weighted by Gasteiger charge is 2.27. The van der Waals surface area contributed by atoms with Crippen molar-refractivity contribution in [1.82, 2.24) is 0 Å². The molecule has 20 heavy (non-hydrogen) atoms. The standard InChI is InChI=1S/C18H20O2/c1-14(13-15-9-5-3-6-10-15)17(18(19)20-2)16-11-7-4-8-12-16/h3-12,14,17H,13H2,1-2H3. The van der Waals surface area contributed by atoms with Crippen molar-refractivity contribution in [2.75, 3.05) is 7.11 Å². The van der Waals surface area contributed by atoms with Gasteiger partial charge in [0.15, 0.2) is 0 Å². The maximum absolute atomic E-state index is 12.1. The minimum Gasteiger partial charge on any atom is -0.469 e. The lowest BCUT2D eigenvalue weighted by molar-refractivity contribution is -0.143. The van der Waals surface area contributed by atoms with E-state index in [2.05, 4.69) is 19.1 Å². The summed E-state index contributed by atoms with van der Waals surface area (Å²) in [6, 6.07) is 20.1. The van der Waals surface area contributed by atoms with Crippen LogP contribution in [0.3, 0.4) is 0 Å². The van der Waals surface area contributed by atoms with Crippen LogP contribution in [0, 0.1) is 5.92 Å². The van der Waals surface area contributed by atoms with E-state index in [1.54, 1.807) is 0 Å². The summed E-state index contributed by atoms with van der Waals surface area (Å²) in [4.78, 5) is 12.1. The first-order valence-corrected chi connectivity index (χ1v) is 6.89. The number of carbonyl (C=O) groups excluding carboxylic acids is 1. The van der Waals surface area contributed by atoms with Gasteiger partial charge in [-0.3, -0.25) is 4.79 Å². The highest BCUT2D eigenvalue weighted by molar-refractivity contribution is 5.78. The Kier molecular flexibility index (Phi) is 4.94. The van der Waals surface area contributed by atoms with Crippen LogP contribution in [0.5, 0.6) is 0 Å². The minimum atomic E-state index is -0.221. The monoisotopic (exact) mass is 268 g/mol. The molecule has 0 N–H and O–H groups in total. The van der Waals surface area contributed by atoms with E-state index in [0.29, 0.717) is 0 Å². The molecule has 0 bridgehead atoms. The minimum absolute atomic E-state index is 0.167. The average Bonchev–Trinajstić information content (AvgIpc) is 2.49. The van der Waals surface area contributed by atoms with Gasteiger partial charge in [0.2, 0.25) is 0 Å². The molecule has 0 aliphatic heterocycles. The lowest BCUT2D eigenvalue weighted by Gasteiger charge is -2.22. The van der Waals surface area contributed by atoms with E-state index in [0.717, 1.165) is 12.0 Å². The van der Waals surface area contributed by atoms with Crippen molar-refractivity contribution in [2.24, 2.45) is 5.92 Å². The summed E-state index contributed by atoms with van der Waals surface area (Å²) in [5.74, 6) is -0.201. The molecule has 0 saturated heterocycles. The number of methoxy groups -OCH3 is 1. The molecule has 2 rings (SSSR count). The van der Waals surface area contributed by atoms with Crippen LogP contribution in [-0.2, 0) is 16.0 Å². The molecule has 2 atom stereocenters. The molecule has 2 nitrogen and oxygen atoms in total. The second kappa shape index (κ2) is 6.90. The second-order valence-electron chi connectivity index (χ2n) is 5.08. The van der Waals surface area contributed by atoms with E-state index in [4.69, 9.17) is 4.74 Å². The Morgan fingerprint density at radius 3 is 2.10 bits per heavy atom. The van der Waals surface area contributed by atoms with E-state index in [1.165, 1.54) is 12.7 Å². The van der Waals surface area contributed by atoms with Crippen LogP contribution in [0.15, 0.2) is 60.7 Å². The third-order valence-electron chi connectivity index (χ3n) is 3.58. The van der Waals surface area contributed by atoms with Crippen LogP contribution < -0.4 is 0 Å². The van der Waals surface area contributed by atoms with Gasteiger partial charge in [0.1, 0.15) is 0 Å². The van der Waals surface area contributed by atoms with E-state index in [-0.39, 0.29) is 17.8 Å². The average molecular weight is 268 g/mol. The van der Waals surface area contributed by atoms with Crippen LogP contribution >= 0.6 is 0 Å². The summed E-state index contributed by atoms with van der Waals surface area (Å²) in [7, 11) is 1.45. The summed E-state index contributed by atoms with van der Waals surface area (Å²) in [5, 5.41) is 0. The molecular formula is C18H20O2. The smallest absolute Gasteiger partial charge is 0.313 e. The van der Waals surface area contributed by atoms with Crippen LogP contribution in [0.25, 0.3) is 0 Å². The Hall–Kier alpha value is -2.09. The molecule has 0 heterocycles. The number of hydrogen-bond acceptors (Lipinski definition) is 2. The molecule has 0 fully saturated rings. The van der Waals surface area contributed by atoms with Gasteiger partial charge in [-0.1, -0.05) is 67.6 Å². The third-order valence-corrected chi connectivity index (χ3v) is 3.58. The van der Waals surface area contributed by atoms with Crippen LogP contribution in [0.4, 0.5) is 0 Å². The number of esters is 1. The van der Waals surface area contributed by atoms with E-state index >= 15 is 0 Å². The SMILES string of the molecule is COC(=O)C(c1ccccc1)C(C)Cc1ccccc1. The number of ether oxygens (including phenoxy) is 1. The quantitative estimate of drug-likeness (QED) is 0.770. The van der Waals surface area contributed by atoms with Crippen molar-refractivity contribution in [3.05, 3.63) is 71.8 Å². The first-order chi connectivity index (χ1) is 9.72. The number of carbonyl (C=O) groups is 1. The Morgan fingerprint density at radius 1 is 1.00 bits per heavy atom. The highest BCUT2D eigenvalue weighted by atomic mass is 16.5. The summed E-state index contributed by atoms with van der Waals surface area (Å²) in [6.45, 7) is 2.10. The highest BCUT2D eigenvalue weighted by Crippen LogP contribution is 2.28. The molecule has 0 spiro atoms. The zero-order valence-corrected chi connectivity index (χ0v) is 12.0. The largest absolute Gasteiger partial charge is 0.469 e. The van der Waals surface area contributed by atoms with Gasteiger partial charge in [-0.2, -0.15) is 0 Å². The maximum atomic E-state index is 12.1. The van der Waals surface area contributed by atoms with Gasteiger partial charge in [0.05, 0.1) is 13.0 Å². The third kappa shape index (κ3) is 3.47. The lowest BCUT2D eigenvalue weighted by Crippen LogP contribution is -2.22. The molecule has 2 unspecified atom stereocenters. The maximum Gasteiger partial charge on any atom is 0.313 e. The zero-order chi connectivity index (χ0) is 14.4. The van der Waals surface area contributed by atoms with Gasteiger partial charge in [0, 0.05) is 0 Å². The van der Waals surface area contributed by atoms with Gasteiger partial charge in [0.25, 0.3) is 0 Å². The Balaban J connectivity index is 2.21. The van der Waals surface area contributed by atoms with Crippen molar-refractivity contribution in [3.8, 4) is 0 Å². The van der Waals surface area contributed by atoms with Gasteiger partial charge in [-0.15, -0.1) is 0 Å². The zero-order valence-electron chi connectivity index (χ0n) is 12.0. The summed E-state index contributed by atoms with van der Waals surface area (Å²) < 4.78 is 4.99. The molecular weight excluding hydrogens is 248 g/mol. The van der Waals surface area contributed by atoms with E-state index in [9.17, 15) is 4.79 Å². The molecule has 0 amide bonds. The molecule has 2 heteroatoms. The Bertz CT molecular complexity index is 534. The van der Waals surface area contributed by atoms with Crippen LogP contribution in [0.2, 0.25) is 0 Å². The van der Waals surface area contributed by atoms with Gasteiger partial charge in [-0.25, -0.2) is 0 Å². The van der Waals surface area contributed by atoms with Crippen molar-refractivity contribution in [1.29, 1.82) is 0 Å². The van der Waals surface area contributed by atoms with E-state index < -0.39 is 0 Å². The number of benzene rings is 2. The molecule has 0 saturated carbocycles. The predicted octanol–water partition coefficient (Wildman–Crippen LogP) is 3.82. The van der Waals surface area contributed by atoms with Crippen molar-refractivity contribution in [2.45, 2.75) is 19.3 Å². The fourth-order valence-electron chi connectivity index (χ4n) is 2.59. The van der Waals surface area contributed by atoms with Crippen LogP contribution in [0.1, 0.15) is 24.0 Å². The van der Waals surface area contributed by atoms with Crippen molar-refractivity contribution in [3.63, 3.8) is 0 Å². The second-order valence-corrected chi connectivity index (χ2v) is 5.08. The fraction of sp³-hybridized carbons (Fsp3) is 0.278. The van der Waals surface area contributed by atoms with Gasteiger partial charge < -0.3 is 4.74 Å². The Morgan fingerprint density at radius 2 is 1.55 bits per heavy atom. The van der Waals surface area contributed by atoms with Crippen molar-refractivity contribution < 1.29 is 9.53 Å². The molecule has 0 aromatic heterocycles. The van der Waals surface area contributed by atoms with Gasteiger partial charge in [-0.05, 0) is 23.5 Å².